The summed E-state index contributed by atoms with van der Waals surface area (Å²) in [5.41, 5.74) is 6.43. The molecule has 0 aliphatic carbocycles. The number of carboxylic acids is 1. The molecule has 13 nitrogen and oxygen atoms in total. The van der Waals surface area contributed by atoms with Crippen LogP contribution in [0, 0.1) is 0 Å². The highest BCUT2D eigenvalue weighted by molar-refractivity contribution is 6.13. The number of carboxylic acid groups (broad SMARTS) is 1. The number of hydrogen-bond acceptors (Lipinski definition) is 9. The van der Waals surface area contributed by atoms with Crippen molar-refractivity contribution in [2.75, 3.05) is 81.5 Å². The zero-order valence-corrected chi connectivity index (χ0v) is 33.5. The van der Waals surface area contributed by atoms with Crippen LogP contribution in [-0.2, 0) is 43.0 Å². The molecule has 0 unspecified atom stereocenters. The van der Waals surface area contributed by atoms with Gasteiger partial charge in [0, 0.05) is 41.4 Å². The topological polar surface area (TPSA) is 176 Å². The maximum Gasteiger partial charge on any atom is 0.549 e. The lowest BCUT2D eigenvalue weighted by atomic mass is 10.0. The van der Waals surface area contributed by atoms with E-state index >= 15 is 0 Å². The van der Waals surface area contributed by atoms with E-state index in [1.165, 1.54) is 6.42 Å². The van der Waals surface area contributed by atoms with Gasteiger partial charge >= 0.3 is 11.9 Å². The Labute approximate surface area is 345 Å². The number of aliphatic carboxylic acids is 1. The van der Waals surface area contributed by atoms with Crippen molar-refractivity contribution in [1.29, 1.82) is 0 Å². The normalized spacial score (nSPS) is 12.6. The fraction of sp³-hybridized carbons (Fsp3) is 0.391. The summed E-state index contributed by atoms with van der Waals surface area (Å²) in [6, 6.07) is 27.9. The summed E-state index contributed by atoms with van der Waals surface area (Å²) in [5.74, 6) is -2.21. The van der Waals surface area contributed by atoms with E-state index in [9.17, 15) is 19.2 Å². The van der Waals surface area contributed by atoms with Gasteiger partial charge in [-0.1, -0.05) is 36.4 Å². The quantitative estimate of drug-likeness (QED) is 0.0509. The van der Waals surface area contributed by atoms with Crippen molar-refractivity contribution in [3.63, 3.8) is 0 Å². The monoisotopic (exact) mass is 810 g/mol. The molecule has 5 N–H and O–H groups in total. The Kier molecular flexibility index (Phi) is 18.4. The molecule has 4 aromatic rings. The average Bonchev–Trinajstić information content (AvgIpc) is 3.25. The molecule has 0 spiro atoms. The summed E-state index contributed by atoms with van der Waals surface area (Å²) in [6.45, 7) is 5.00. The van der Waals surface area contributed by atoms with E-state index < -0.39 is 11.9 Å². The highest BCUT2D eigenvalue weighted by Crippen LogP contribution is 2.28. The number of nitrogens with zero attached hydrogens (tertiary/aromatic N) is 1. The van der Waals surface area contributed by atoms with Gasteiger partial charge in [0.05, 0.1) is 63.9 Å². The van der Waals surface area contributed by atoms with Crippen LogP contribution in [0.15, 0.2) is 91.0 Å². The number of rotatable bonds is 25. The molecule has 314 valence electrons. The molecule has 5 rings (SSSR count). The van der Waals surface area contributed by atoms with Gasteiger partial charge in [0.1, 0.15) is 5.56 Å². The second kappa shape index (κ2) is 24.4. The molecule has 59 heavy (non-hydrogen) atoms. The average molecular weight is 811 g/mol. The Morgan fingerprint density at radius 3 is 1.83 bits per heavy atom. The predicted octanol–water partition coefficient (Wildman–Crippen LogP) is 6.31. The number of aryl methyl sites for hydroxylation is 3. The van der Waals surface area contributed by atoms with Gasteiger partial charge in [0.2, 0.25) is 0 Å². The van der Waals surface area contributed by atoms with E-state index in [0.717, 1.165) is 74.0 Å². The second-order valence-electron chi connectivity index (χ2n) is 14.3. The van der Waals surface area contributed by atoms with Crippen LogP contribution in [0.3, 0.4) is 0 Å². The number of anilines is 3. The van der Waals surface area contributed by atoms with Crippen molar-refractivity contribution < 1.29 is 48.3 Å². The van der Waals surface area contributed by atoms with Gasteiger partial charge in [-0.15, -0.1) is 0 Å². The van der Waals surface area contributed by atoms with E-state index in [0.29, 0.717) is 74.3 Å². The Balaban J connectivity index is 1.09. The Hall–Kier alpha value is -5.60. The highest BCUT2D eigenvalue weighted by atomic mass is 16.6. The zero-order chi connectivity index (χ0) is 41.7. The second-order valence-corrected chi connectivity index (χ2v) is 14.3. The number of carbonyl (C=O) groups is 4. The molecule has 4 aromatic carbocycles. The van der Waals surface area contributed by atoms with Crippen LogP contribution < -0.4 is 15.5 Å². The van der Waals surface area contributed by atoms with Gasteiger partial charge in [-0.25, -0.2) is 0 Å². The van der Waals surface area contributed by atoms with Gasteiger partial charge < -0.3 is 44.7 Å². The van der Waals surface area contributed by atoms with Gasteiger partial charge in [-0.05, 0) is 116 Å². The molecule has 1 fully saturated rings. The standard InChI is InChI=1S/C46H55N3O10/c50-43(51)21-25-57-27-29-59-31-30-58-28-26-56-24-5-7-36-6-4-8-38(32-36)44(52)48-42-20-19-40(49-22-2-1-3-23-49)33-41(42)45(53)47-39-17-13-35(14-18-39)10-9-34-11-15-37(16-12-34)46(54)55/h4,6,8,11-20,32-33H,1-3,5,7,9-10,21-31H2,(H,47,53)(H,48,52)(H,50,51)(H,54,55)/p+1. The molecule has 1 aliphatic rings. The molecule has 13 heteroatoms. The minimum Gasteiger partial charge on any atom is -0.561 e. The third-order valence-corrected chi connectivity index (χ3v) is 9.87. The summed E-state index contributed by atoms with van der Waals surface area (Å²) < 4.78 is 21.8. The summed E-state index contributed by atoms with van der Waals surface area (Å²) in [6.07, 6.45) is 6.39. The van der Waals surface area contributed by atoms with Crippen LogP contribution in [-0.4, -0.2) is 99.9 Å². The lowest BCUT2D eigenvalue weighted by Gasteiger charge is -2.29. The highest BCUT2D eigenvalue weighted by Gasteiger charge is 2.19. The van der Waals surface area contributed by atoms with Gasteiger partial charge in [0.15, 0.2) is 0 Å². The van der Waals surface area contributed by atoms with E-state index in [1.54, 1.807) is 18.2 Å². The molecular weight excluding hydrogens is 755 g/mol. The fourth-order valence-electron chi connectivity index (χ4n) is 6.60. The fourth-order valence-corrected chi connectivity index (χ4v) is 6.60. The number of carbonyl (C=O) groups excluding carboxylic acids is 3. The molecular formula is C46H56N3O10+. The largest absolute Gasteiger partial charge is 0.561 e. The molecule has 0 aromatic heterocycles. The molecule has 0 bridgehead atoms. The molecule has 1 heterocycles. The SMILES string of the molecule is O=C(O)CCOCCOCCOCCOCCCc1cccc(C(=O)Nc2ccc(N3CCCCC3)cc2C(=O)Nc2ccc(CCc3ccc(C(=O)[OH2+])cc3)cc2)c1. The van der Waals surface area contributed by atoms with Crippen LogP contribution in [0.25, 0.3) is 0 Å². The van der Waals surface area contributed by atoms with Crippen molar-refractivity contribution >= 4 is 40.8 Å². The first-order valence-corrected chi connectivity index (χ1v) is 20.3. The van der Waals surface area contributed by atoms with Crippen LogP contribution in [0.1, 0.15) is 79.9 Å². The number of amides is 2. The Morgan fingerprint density at radius 2 is 1.20 bits per heavy atom. The first-order valence-electron chi connectivity index (χ1n) is 20.3. The van der Waals surface area contributed by atoms with Crippen LogP contribution in [0.4, 0.5) is 17.1 Å². The van der Waals surface area contributed by atoms with Gasteiger partial charge in [-0.3, -0.25) is 14.4 Å². The minimum absolute atomic E-state index is 0.0224. The summed E-state index contributed by atoms with van der Waals surface area (Å²) in [7, 11) is 0. The maximum absolute atomic E-state index is 13.9. The minimum atomic E-state index is -0.888. The van der Waals surface area contributed by atoms with E-state index in [4.69, 9.17) is 29.2 Å². The summed E-state index contributed by atoms with van der Waals surface area (Å²) >= 11 is 0. The van der Waals surface area contributed by atoms with E-state index in [-0.39, 0.29) is 24.8 Å². The van der Waals surface area contributed by atoms with E-state index in [1.807, 2.05) is 72.8 Å². The Morgan fingerprint density at radius 1 is 0.593 bits per heavy atom. The van der Waals surface area contributed by atoms with Crippen LogP contribution in [0.2, 0.25) is 0 Å². The number of ether oxygens (including phenoxy) is 4. The lowest BCUT2D eigenvalue weighted by Crippen LogP contribution is -2.29. The van der Waals surface area contributed by atoms with Crippen LogP contribution in [0.5, 0.6) is 0 Å². The number of hydrogen-bond donors (Lipinski definition) is 3. The third-order valence-electron chi connectivity index (χ3n) is 9.87. The zero-order valence-electron chi connectivity index (χ0n) is 33.5. The first-order chi connectivity index (χ1) is 28.7. The van der Waals surface area contributed by atoms with Crippen LogP contribution >= 0.6 is 0 Å². The lowest BCUT2D eigenvalue weighted by molar-refractivity contribution is -0.138. The molecule has 2 amide bonds. The van der Waals surface area contributed by atoms with Crippen molar-refractivity contribution in [3.05, 3.63) is 124 Å². The summed E-state index contributed by atoms with van der Waals surface area (Å²) in [4.78, 5) is 51.5. The van der Waals surface area contributed by atoms with Crippen molar-refractivity contribution in [2.24, 2.45) is 0 Å². The smallest absolute Gasteiger partial charge is 0.549 e. The number of piperidine rings is 1. The molecule has 0 radical (unpaired) electrons. The Bertz CT molecular complexity index is 1950. The van der Waals surface area contributed by atoms with Gasteiger partial charge in [0.25, 0.3) is 11.8 Å². The predicted molar refractivity (Wildman–Crippen MR) is 227 cm³/mol. The molecule has 0 saturated carbocycles. The molecule has 0 atom stereocenters. The van der Waals surface area contributed by atoms with E-state index in [2.05, 4.69) is 15.5 Å². The maximum atomic E-state index is 13.9. The van der Waals surface area contributed by atoms with Crippen molar-refractivity contribution in [3.8, 4) is 0 Å². The number of benzene rings is 4. The van der Waals surface area contributed by atoms with Crippen molar-refractivity contribution in [1.82, 2.24) is 0 Å². The van der Waals surface area contributed by atoms with Crippen molar-refractivity contribution in [2.45, 2.75) is 51.4 Å². The van der Waals surface area contributed by atoms with Gasteiger partial charge in [-0.2, -0.15) is 0 Å². The number of nitrogens with one attached hydrogen (secondary N) is 2. The summed E-state index contributed by atoms with van der Waals surface area (Å²) in [5, 5.41) is 21.9. The first kappa shape index (κ1) is 44.5. The molecule has 1 aliphatic heterocycles. The molecule has 1 saturated heterocycles. The third kappa shape index (κ3) is 15.6.